The highest BCUT2D eigenvalue weighted by Gasteiger charge is 2.10. The van der Waals surface area contributed by atoms with Crippen molar-refractivity contribution in [3.8, 4) is 0 Å². The molecule has 1 aromatic rings. The van der Waals surface area contributed by atoms with Gasteiger partial charge in [-0.3, -0.25) is 9.59 Å². The molecular formula is C15H24ClN3O2. The van der Waals surface area contributed by atoms with E-state index in [1.54, 1.807) is 38.4 Å². The first-order chi connectivity index (χ1) is 9.45. The molecule has 21 heavy (non-hydrogen) atoms. The van der Waals surface area contributed by atoms with E-state index in [0.717, 1.165) is 6.54 Å². The minimum absolute atomic E-state index is 0. The van der Waals surface area contributed by atoms with Crippen molar-refractivity contribution in [3.05, 3.63) is 35.4 Å². The van der Waals surface area contributed by atoms with E-state index in [4.69, 9.17) is 0 Å². The number of carbonyl (C=O) groups is 2. The van der Waals surface area contributed by atoms with Crippen LogP contribution in [0.2, 0.25) is 0 Å². The zero-order valence-corrected chi connectivity index (χ0v) is 13.8. The van der Waals surface area contributed by atoms with Crippen LogP contribution in [0.4, 0.5) is 0 Å². The molecule has 5 nitrogen and oxygen atoms in total. The van der Waals surface area contributed by atoms with Gasteiger partial charge in [0, 0.05) is 37.8 Å². The predicted octanol–water partition coefficient (Wildman–Crippen LogP) is 1.54. The smallest absolute Gasteiger partial charge is 0.253 e. The van der Waals surface area contributed by atoms with Crippen LogP contribution < -0.4 is 10.6 Å². The molecule has 1 atom stereocenters. The number of halogens is 1. The van der Waals surface area contributed by atoms with Crippen LogP contribution in [-0.2, 0) is 0 Å². The third-order valence-electron chi connectivity index (χ3n) is 2.92. The van der Waals surface area contributed by atoms with E-state index in [1.165, 1.54) is 4.90 Å². The number of amides is 2. The van der Waals surface area contributed by atoms with Crippen LogP contribution in [0.15, 0.2) is 24.3 Å². The second-order valence-corrected chi connectivity index (χ2v) is 4.95. The molecule has 6 heteroatoms. The number of carbonyl (C=O) groups excluding carboxylic acids is 2. The monoisotopic (exact) mass is 313 g/mol. The summed E-state index contributed by atoms with van der Waals surface area (Å²) in [5.74, 6) is -0.198. The number of hydrogen-bond donors (Lipinski definition) is 2. The maximum Gasteiger partial charge on any atom is 0.253 e. The maximum atomic E-state index is 11.9. The van der Waals surface area contributed by atoms with Crippen LogP contribution in [0.5, 0.6) is 0 Å². The first-order valence-electron chi connectivity index (χ1n) is 6.79. The van der Waals surface area contributed by atoms with E-state index in [-0.39, 0.29) is 30.3 Å². The summed E-state index contributed by atoms with van der Waals surface area (Å²) in [7, 11) is 3.40. The molecular weight excluding hydrogens is 290 g/mol. The highest BCUT2D eigenvalue weighted by molar-refractivity contribution is 5.97. The lowest BCUT2D eigenvalue weighted by molar-refractivity contribution is 0.0826. The van der Waals surface area contributed by atoms with Crippen molar-refractivity contribution >= 4 is 24.2 Å². The molecule has 0 bridgehead atoms. The number of nitrogens with zero attached hydrogens (tertiary/aromatic N) is 1. The van der Waals surface area contributed by atoms with Gasteiger partial charge in [0.1, 0.15) is 0 Å². The Morgan fingerprint density at radius 2 is 1.67 bits per heavy atom. The Balaban J connectivity index is 0.00000400. The van der Waals surface area contributed by atoms with Crippen LogP contribution in [0.25, 0.3) is 0 Å². The molecule has 1 rings (SSSR count). The molecule has 1 aromatic carbocycles. The first-order valence-corrected chi connectivity index (χ1v) is 6.79. The lowest BCUT2D eigenvalue weighted by Crippen LogP contribution is -2.38. The Morgan fingerprint density at radius 3 is 2.14 bits per heavy atom. The van der Waals surface area contributed by atoms with Crippen LogP contribution in [-0.4, -0.2) is 49.9 Å². The summed E-state index contributed by atoms with van der Waals surface area (Å²) in [5.41, 5.74) is 1.14. The van der Waals surface area contributed by atoms with Crippen LogP contribution in [0, 0.1) is 0 Å². The Labute approximate surface area is 132 Å². The van der Waals surface area contributed by atoms with Crippen molar-refractivity contribution in [1.82, 2.24) is 15.5 Å². The van der Waals surface area contributed by atoms with Crippen molar-refractivity contribution in [3.63, 3.8) is 0 Å². The van der Waals surface area contributed by atoms with E-state index >= 15 is 0 Å². The largest absolute Gasteiger partial charge is 0.350 e. The zero-order valence-electron chi connectivity index (χ0n) is 13.0. The molecule has 0 aromatic heterocycles. The Morgan fingerprint density at radius 1 is 1.14 bits per heavy atom. The first kappa shape index (κ1) is 19.4. The fourth-order valence-corrected chi connectivity index (χ4v) is 1.79. The van der Waals surface area contributed by atoms with Crippen molar-refractivity contribution < 1.29 is 9.59 Å². The fraction of sp³-hybridized carbons (Fsp3) is 0.467. The number of hydrogen-bond acceptors (Lipinski definition) is 3. The molecule has 0 aliphatic rings. The van der Waals surface area contributed by atoms with Gasteiger partial charge in [-0.25, -0.2) is 0 Å². The molecule has 0 heterocycles. The highest BCUT2D eigenvalue weighted by atomic mass is 35.5. The minimum Gasteiger partial charge on any atom is -0.350 e. The third-order valence-corrected chi connectivity index (χ3v) is 2.92. The SMILES string of the molecule is CCN[C@H](C)CNC(=O)c1ccc(C(=O)N(C)C)cc1.Cl. The van der Waals surface area contributed by atoms with E-state index in [2.05, 4.69) is 10.6 Å². The second kappa shape index (κ2) is 9.37. The lowest BCUT2D eigenvalue weighted by Gasteiger charge is -2.13. The van der Waals surface area contributed by atoms with Gasteiger partial charge >= 0.3 is 0 Å². The number of nitrogens with one attached hydrogen (secondary N) is 2. The van der Waals surface area contributed by atoms with Gasteiger partial charge in [0.2, 0.25) is 0 Å². The molecule has 0 radical (unpaired) electrons. The highest BCUT2D eigenvalue weighted by Crippen LogP contribution is 2.06. The van der Waals surface area contributed by atoms with Gasteiger partial charge in [0.25, 0.3) is 11.8 Å². The molecule has 0 saturated carbocycles. The Hall–Kier alpha value is -1.59. The summed E-state index contributed by atoms with van der Waals surface area (Å²) in [5, 5.41) is 6.08. The van der Waals surface area contributed by atoms with E-state index in [1.807, 2.05) is 13.8 Å². The number of benzene rings is 1. The third kappa shape index (κ3) is 6.14. The molecule has 0 fully saturated rings. The van der Waals surface area contributed by atoms with Gasteiger partial charge < -0.3 is 15.5 Å². The summed E-state index contributed by atoms with van der Waals surface area (Å²) in [6, 6.07) is 6.92. The van der Waals surface area contributed by atoms with E-state index in [9.17, 15) is 9.59 Å². The van der Waals surface area contributed by atoms with Crippen LogP contribution >= 0.6 is 12.4 Å². The van der Waals surface area contributed by atoms with Gasteiger partial charge in [0.05, 0.1) is 0 Å². The molecule has 0 aliphatic carbocycles. The normalized spacial score (nSPS) is 11.2. The quantitative estimate of drug-likeness (QED) is 0.837. The number of likely N-dealkylation sites (N-methyl/N-ethyl adjacent to an activating group) is 1. The number of rotatable bonds is 6. The molecule has 2 N–H and O–H groups in total. The molecule has 2 amide bonds. The maximum absolute atomic E-state index is 11.9. The summed E-state index contributed by atoms with van der Waals surface area (Å²) in [4.78, 5) is 25.2. The van der Waals surface area contributed by atoms with Crippen molar-refractivity contribution in [1.29, 1.82) is 0 Å². The topological polar surface area (TPSA) is 61.4 Å². The van der Waals surface area contributed by atoms with Gasteiger partial charge in [-0.1, -0.05) is 6.92 Å². The Kier molecular flexibility index (Phi) is 8.66. The second-order valence-electron chi connectivity index (χ2n) is 4.95. The van der Waals surface area contributed by atoms with Gasteiger partial charge in [-0.15, -0.1) is 12.4 Å². The summed E-state index contributed by atoms with van der Waals surface area (Å²) in [6.45, 7) is 5.49. The lowest BCUT2D eigenvalue weighted by atomic mass is 10.1. The summed E-state index contributed by atoms with van der Waals surface area (Å²) >= 11 is 0. The predicted molar refractivity (Wildman–Crippen MR) is 87.2 cm³/mol. The molecule has 0 unspecified atom stereocenters. The summed E-state index contributed by atoms with van der Waals surface area (Å²) < 4.78 is 0. The van der Waals surface area contributed by atoms with E-state index < -0.39 is 0 Å². The minimum atomic E-state index is -0.126. The van der Waals surface area contributed by atoms with Gasteiger partial charge in [0.15, 0.2) is 0 Å². The van der Waals surface area contributed by atoms with Crippen LogP contribution in [0.1, 0.15) is 34.6 Å². The van der Waals surface area contributed by atoms with Crippen molar-refractivity contribution in [2.75, 3.05) is 27.2 Å². The van der Waals surface area contributed by atoms with Gasteiger partial charge in [-0.05, 0) is 37.7 Å². The van der Waals surface area contributed by atoms with Crippen LogP contribution in [0.3, 0.4) is 0 Å². The Bertz CT molecular complexity index is 460. The molecule has 118 valence electrons. The summed E-state index contributed by atoms with van der Waals surface area (Å²) in [6.07, 6.45) is 0. The fourth-order valence-electron chi connectivity index (χ4n) is 1.79. The standard InChI is InChI=1S/C15H23N3O2.ClH/c1-5-16-11(2)10-17-14(19)12-6-8-13(9-7-12)15(20)18(3)4;/h6-9,11,16H,5,10H2,1-4H3,(H,17,19);1H/t11-;/m1./s1. The van der Waals surface area contributed by atoms with E-state index in [0.29, 0.717) is 17.7 Å². The van der Waals surface area contributed by atoms with Gasteiger partial charge in [-0.2, -0.15) is 0 Å². The molecule has 0 aliphatic heterocycles. The average Bonchev–Trinajstić information content (AvgIpc) is 2.44. The average molecular weight is 314 g/mol. The molecule has 0 spiro atoms. The van der Waals surface area contributed by atoms with Crippen molar-refractivity contribution in [2.45, 2.75) is 19.9 Å². The zero-order chi connectivity index (χ0) is 15.1. The molecule has 0 saturated heterocycles. The van der Waals surface area contributed by atoms with Crippen molar-refractivity contribution in [2.24, 2.45) is 0 Å².